The number of rotatable bonds is 14. The number of benzene rings is 3. The summed E-state index contributed by atoms with van der Waals surface area (Å²) in [5.74, 6) is 0.689. The first-order valence-corrected chi connectivity index (χ1v) is 18.4. The summed E-state index contributed by atoms with van der Waals surface area (Å²) in [4.78, 5) is 38.5. The summed E-state index contributed by atoms with van der Waals surface area (Å²) in [6, 6.07) is 25.3. The number of ether oxygens (including phenoxy) is 2. The van der Waals surface area contributed by atoms with Crippen molar-refractivity contribution < 1.29 is 32.2 Å². The van der Waals surface area contributed by atoms with Gasteiger partial charge in [0.1, 0.15) is 28.7 Å². The number of aromatic nitrogens is 2. The van der Waals surface area contributed by atoms with Gasteiger partial charge in [0.15, 0.2) is 0 Å². The van der Waals surface area contributed by atoms with Crippen molar-refractivity contribution >= 4 is 52.6 Å². The maximum absolute atomic E-state index is 14.9. The Kier molecular flexibility index (Phi) is 11.8. The molecule has 2 unspecified atom stereocenters. The van der Waals surface area contributed by atoms with Crippen LogP contribution in [0.2, 0.25) is 5.02 Å². The maximum Gasteiger partial charge on any atom is 0.446 e. The van der Waals surface area contributed by atoms with Gasteiger partial charge in [0.25, 0.3) is 5.91 Å². The number of alkyl halides is 3. The standard InChI is InChI=1S/C40H38ClF3N6O4S/c1-24(28-15-17-45-35(19-28)47-22-26-5-10-31(53-3)11-6-26)39(25(2)29-16-18-46-36(20-29)48-23-27-7-12-32(54-4)13-8-27)37(51)50(38(52)49-39)30-9-14-34(33(41)21-30)55-40(42,43)44/h5-21,24-25H,22-23H2,1-4H3,(H,45,47)(H,46,48)(H,49,52). The van der Waals surface area contributed by atoms with Gasteiger partial charge in [-0.3, -0.25) is 4.79 Å². The molecular formula is C40H38ClF3N6O4S. The first-order valence-electron chi connectivity index (χ1n) is 17.2. The number of halogens is 4. The van der Waals surface area contributed by atoms with Crippen LogP contribution in [0.1, 0.15) is 47.9 Å². The second-order valence-corrected chi connectivity index (χ2v) is 14.4. The lowest BCUT2D eigenvalue weighted by molar-refractivity contribution is -0.123. The van der Waals surface area contributed by atoms with Crippen molar-refractivity contribution in [1.82, 2.24) is 15.3 Å². The average Bonchev–Trinajstić information content (AvgIpc) is 3.46. The summed E-state index contributed by atoms with van der Waals surface area (Å²) in [6.45, 7) is 4.63. The van der Waals surface area contributed by atoms with Gasteiger partial charge in [-0.25, -0.2) is 19.7 Å². The minimum atomic E-state index is -4.58. The molecule has 15 heteroatoms. The summed E-state index contributed by atoms with van der Waals surface area (Å²) < 4.78 is 50.0. The first-order chi connectivity index (χ1) is 26.3. The van der Waals surface area contributed by atoms with E-state index in [-0.39, 0.29) is 27.4 Å². The molecule has 55 heavy (non-hydrogen) atoms. The molecule has 0 aliphatic carbocycles. The van der Waals surface area contributed by atoms with E-state index in [1.54, 1.807) is 38.7 Å². The van der Waals surface area contributed by atoms with Crippen LogP contribution in [0.15, 0.2) is 108 Å². The van der Waals surface area contributed by atoms with E-state index in [0.717, 1.165) is 33.6 Å². The molecule has 0 bridgehead atoms. The van der Waals surface area contributed by atoms with Gasteiger partial charge in [0, 0.05) is 42.2 Å². The number of anilines is 3. The minimum Gasteiger partial charge on any atom is -0.497 e. The zero-order valence-electron chi connectivity index (χ0n) is 30.3. The smallest absolute Gasteiger partial charge is 0.446 e. The van der Waals surface area contributed by atoms with E-state index in [4.69, 9.17) is 21.1 Å². The molecular weight excluding hydrogens is 753 g/mol. The molecule has 0 spiro atoms. The van der Waals surface area contributed by atoms with Crippen molar-refractivity contribution in [3.63, 3.8) is 0 Å². The van der Waals surface area contributed by atoms with Gasteiger partial charge in [0.2, 0.25) is 0 Å². The van der Waals surface area contributed by atoms with Crippen molar-refractivity contribution in [2.75, 3.05) is 29.8 Å². The molecule has 3 heterocycles. The fourth-order valence-corrected chi connectivity index (χ4v) is 7.45. The normalized spacial score (nSPS) is 16.7. The van der Waals surface area contributed by atoms with E-state index in [0.29, 0.717) is 35.9 Å². The second-order valence-electron chi connectivity index (χ2n) is 12.9. The van der Waals surface area contributed by atoms with Crippen LogP contribution in [-0.2, 0) is 17.9 Å². The third-order valence-electron chi connectivity index (χ3n) is 9.67. The fourth-order valence-electron chi connectivity index (χ4n) is 6.62. The van der Waals surface area contributed by atoms with Crippen LogP contribution in [0.25, 0.3) is 0 Å². The molecule has 1 aliphatic rings. The van der Waals surface area contributed by atoms with Gasteiger partial charge >= 0.3 is 11.5 Å². The van der Waals surface area contributed by atoms with Crippen molar-refractivity contribution in [2.24, 2.45) is 0 Å². The summed E-state index contributed by atoms with van der Waals surface area (Å²) >= 11 is 5.90. The molecule has 3 aromatic carbocycles. The van der Waals surface area contributed by atoms with E-state index in [9.17, 15) is 22.8 Å². The average molecular weight is 791 g/mol. The number of thioether (sulfide) groups is 1. The molecule has 2 aromatic heterocycles. The number of imide groups is 1. The SMILES string of the molecule is COc1ccc(CNc2cc(C(C)C3(C(C)c4ccnc(NCc5ccc(OC)cc5)c4)NC(=O)N(c4ccc(SC(F)(F)F)c(Cl)c4)C3=O)ccn2)cc1. The number of urea groups is 1. The largest absolute Gasteiger partial charge is 0.497 e. The van der Waals surface area contributed by atoms with Gasteiger partial charge < -0.3 is 25.4 Å². The number of nitrogens with zero attached hydrogens (tertiary/aromatic N) is 3. The van der Waals surface area contributed by atoms with Gasteiger partial charge in [-0.2, -0.15) is 13.2 Å². The highest BCUT2D eigenvalue weighted by molar-refractivity contribution is 8.00. The van der Waals surface area contributed by atoms with Crippen LogP contribution >= 0.6 is 23.4 Å². The molecule has 1 fully saturated rings. The Labute approximate surface area is 325 Å². The minimum absolute atomic E-state index is 0.0356. The maximum atomic E-state index is 14.9. The summed E-state index contributed by atoms with van der Waals surface area (Å²) in [5.41, 5.74) is -2.72. The number of hydrogen-bond donors (Lipinski definition) is 3. The summed E-state index contributed by atoms with van der Waals surface area (Å²) in [5, 5.41) is 9.42. The molecule has 0 saturated carbocycles. The number of amides is 3. The Hall–Kier alpha value is -5.47. The molecule has 3 N–H and O–H groups in total. The van der Waals surface area contributed by atoms with Crippen LogP contribution in [-0.4, -0.2) is 47.2 Å². The Balaban J connectivity index is 1.34. The van der Waals surface area contributed by atoms with Crippen LogP contribution in [0, 0.1) is 0 Å². The van der Waals surface area contributed by atoms with Crippen LogP contribution in [0.5, 0.6) is 11.5 Å². The van der Waals surface area contributed by atoms with Gasteiger partial charge in [0.05, 0.1) is 24.9 Å². The number of carbonyl (C=O) groups excluding carboxylic acids is 2. The van der Waals surface area contributed by atoms with Crippen molar-refractivity contribution in [2.45, 2.75) is 54.7 Å². The molecule has 0 radical (unpaired) electrons. The molecule has 1 aliphatic heterocycles. The molecule has 1 saturated heterocycles. The highest BCUT2D eigenvalue weighted by Crippen LogP contribution is 2.47. The lowest BCUT2D eigenvalue weighted by atomic mass is 9.70. The lowest BCUT2D eigenvalue weighted by Crippen LogP contribution is -2.55. The van der Waals surface area contributed by atoms with E-state index in [1.807, 2.05) is 74.5 Å². The van der Waals surface area contributed by atoms with E-state index in [1.165, 1.54) is 12.1 Å². The van der Waals surface area contributed by atoms with Crippen LogP contribution < -0.4 is 30.3 Å². The van der Waals surface area contributed by atoms with E-state index < -0.39 is 34.8 Å². The van der Waals surface area contributed by atoms with E-state index in [2.05, 4.69) is 25.9 Å². The molecule has 5 aromatic rings. The number of pyridine rings is 2. The second kappa shape index (κ2) is 16.5. The Morgan fingerprint density at radius 3 is 1.71 bits per heavy atom. The lowest BCUT2D eigenvalue weighted by Gasteiger charge is -2.39. The third-order valence-corrected chi connectivity index (χ3v) is 10.9. The fraction of sp³-hybridized carbons (Fsp3) is 0.250. The highest BCUT2D eigenvalue weighted by Gasteiger charge is 2.59. The van der Waals surface area contributed by atoms with Gasteiger partial charge in [-0.15, -0.1) is 0 Å². The molecule has 286 valence electrons. The third kappa shape index (κ3) is 8.76. The number of methoxy groups -OCH3 is 2. The molecule has 2 atom stereocenters. The zero-order chi connectivity index (χ0) is 39.3. The monoisotopic (exact) mass is 790 g/mol. The zero-order valence-corrected chi connectivity index (χ0v) is 31.9. The quantitative estimate of drug-likeness (QED) is 0.0747. The summed E-state index contributed by atoms with van der Waals surface area (Å²) in [6.07, 6.45) is 3.26. The van der Waals surface area contributed by atoms with Gasteiger partial charge in [-0.05, 0) is 101 Å². The molecule has 3 amide bonds. The predicted molar refractivity (Wildman–Crippen MR) is 208 cm³/mol. The van der Waals surface area contributed by atoms with Crippen LogP contribution in [0.4, 0.5) is 35.3 Å². The number of hydrogen-bond acceptors (Lipinski definition) is 9. The number of carbonyl (C=O) groups is 2. The highest BCUT2D eigenvalue weighted by atomic mass is 35.5. The number of nitrogens with one attached hydrogen (secondary N) is 3. The first kappa shape index (κ1) is 39.2. The van der Waals surface area contributed by atoms with Crippen molar-refractivity contribution in [3.8, 4) is 11.5 Å². The Bertz CT molecular complexity index is 2060. The Morgan fingerprint density at radius 1 is 0.782 bits per heavy atom. The topological polar surface area (TPSA) is 118 Å². The van der Waals surface area contributed by atoms with Crippen molar-refractivity contribution in [3.05, 3.63) is 131 Å². The summed E-state index contributed by atoms with van der Waals surface area (Å²) in [7, 11) is 3.20. The van der Waals surface area contributed by atoms with E-state index >= 15 is 0 Å². The molecule has 10 nitrogen and oxygen atoms in total. The molecule has 6 rings (SSSR count). The van der Waals surface area contributed by atoms with Crippen LogP contribution in [0.3, 0.4) is 0 Å². The van der Waals surface area contributed by atoms with Crippen molar-refractivity contribution in [1.29, 1.82) is 0 Å². The van der Waals surface area contributed by atoms with Gasteiger partial charge in [-0.1, -0.05) is 49.7 Å². The Morgan fingerprint density at radius 2 is 1.27 bits per heavy atom. The predicted octanol–water partition coefficient (Wildman–Crippen LogP) is 9.39.